The summed E-state index contributed by atoms with van der Waals surface area (Å²) in [7, 11) is 2.00. The van der Waals surface area contributed by atoms with Crippen LogP contribution in [-0.4, -0.2) is 29.3 Å². The van der Waals surface area contributed by atoms with Gasteiger partial charge in [-0.05, 0) is 38.1 Å². The second-order valence-electron chi connectivity index (χ2n) is 6.74. The van der Waals surface area contributed by atoms with E-state index in [0.717, 1.165) is 28.5 Å². The van der Waals surface area contributed by atoms with E-state index in [2.05, 4.69) is 17.3 Å². The summed E-state index contributed by atoms with van der Waals surface area (Å²) < 4.78 is 1.96. The van der Waals surface area contributed by atoms with Crippen LogP contribution in [0.25, 0.3) is 5.69 Å². The highest BCUT2D eigenvalue weighted by molar-refractivity contribution is 6.33. The Labute approximate surface area is 164 Å². The van der Waals surface area contributed by atoms with E-state index < -0.39 is 0 Å². The van der Waals surface area contributed by atoms with Gasteiger partial charge in [-0.2, -0.15) is 5.10 Å². The van der Waals surface area contributed by atoms with Crippen molar-refractivity contribution in [2.45, 2.75) is 20.4 Å². The quantitative estimate of drug-likeness (QED) is 0.687. The van der Waals surface area contributed by atoms with E-state index in [1.54, 1.807) is 12.1 Å². The minimum atomic E-state index is -0.0636. The fourth-order valence-electron chi connectivity index (χ4n) is 3.15. The number of para-hydroxylation sites is 2. The number of hydrogen-bond donors (Lipinski definition) is 2. The molecule has 0 saturated heterocycles. The monoisotopic (exact) mass is 383 g/mol. The van der Waals surface area contributed by atoms with Crippen molar-refractivity contribution < 1.29 is 9.69 Å². The summed E-state index contributed by atoms with van der Waals surface area (Å²) >= 11 is 6.10. The van der Waals surface area contributed by atoms with Gasteiger partial charge < -0.3 is 10.2 Å². The zero-order valence-corrected chi connectivity index (χ0v) is 16.5. The van der Waals surface area contributed by atoms with Crippen molar-refractivity contribution in [3.63, 3.8) is 0 Å². The Morgan fingerprint density at radius 2 is 1.78 bits per heavy atom. The molecule has 0 radical (unpaired) electrons. The van der Waals surface area contributed by atoms with Crippen molar-refractivity contribution >= 4 is 23.2 Å². The van der Waals surface area contributed by atoms with Crippen molar-refractivity contribution in [2.75, 3.05) is 18.9 Å². The highest BCUT2D eigenvalue weighted by Crippen LogP contribution is 2.20. The molecule has 5 nitrogen and oxygen atoms in total. The molecule has 0 aliphatic rings. The van der Waals surface area contributed by atoms with Crippen LogP contribution in [0.2, 0.25) is 5.02 Å². The fourth-order valence-corrected chi connectivity index (χ4v) is 3.33. The lowest BCUT2D eigenvalue weighted by atomic mass is 10.2. The fraction of sp³-hybridized carbons (Fsp3) is 0.238. The van der Waals surface area contributed by atoms with E-state index in [1.165, 1.54) is 5.56 Å². The van der Waals surface area contributed by atoms with Gasteiger partial charge in [0, 0.05) is 0 Å². The number of aryl methyl sites for hydroxylation is 1. The third-order valence-electron chi connectivity index (χ3n) is 4.53. The van der Waals surface area contributed by atoms with Crippen LogP contribution < -0.4 is 10.2 Å². The Balaban J connectivity index is 1.68. The van der Waals surface area contributed by atoms with Crippen LogP contribution in [0.5, 0.6) is 0 Å². The molecule has 0 aliphatic heterocycles. The summed E-state index contributed by atoms with van der Waals surface area (Å²) in [5.74, 6) is -0.0636. The summed E-state index contributed by atoms with van der Waals surface area (Å²) in [6.45, 7) is 5.15. The molecule has 0 spiro atoms. The number of nitrogens with zero attached hydrogens (tertiary/aromatic N) is 2. The van der Waals surface area contributed by atoms with Crippen LogP contribution in [0.1, 0.15) is 17.0 Å². The van der Waals surface area contributed by atoms with E-state index >= 15 is 0 Å². The lowest BCUT2D eigenvalue weighted by Crippen LogP contribution is -3.08. The molecule has 27 heavy (non-hydrogen) atoms. The van der Waals surface area contributed by atoms with E-state index in [4.69, 9.17) is 11.6 Å². The summed E-state index contributed by atoms with van der Waals surface area (Å²) in [5, 5.41) is 8.09. The predicted octanol–water partition coefficient (Wildman–Crippen LogP) is 2.80. The normalized spacial score (nSPS) is 12.0. The molecule has 0 aliphatic carbocycles. The highest BCUT2D eigenvalue weighted by atomic mass is 35.5. The molecule has 1 heterocycles. The third kappa shape index (κ3) is 4.56. The molecular formula is C21H24ClN4O+. The van der Waals surface area contributed by atoms with Crippen LogP contribution in [0.15, 0.2) is 54.6 Å². The van der Waals surface area contributed by atoms with Gasteiger partial charge >= 0.3 is 0 Å². The van der Waals surface area contributed by atoms with E-state index in [0.29, 0.717) is 17.3 Å². The molecule has 1 unspecified atom stereocenters. The van der Waals surface area contributed by atoms with Crippen molar-refractivity contribution in [3.8, 4) is 5.69 Å². The molecule has 2 N–H and O–H groups in total. The molecule has 3 rings (SSSR count). The van der Waals surface area contributed by atoms with Gasteiger partial charge in [0.15, 0.2) is 6.54 Å². The molecule has 2 aromatic carbocycles. The molecule has 6 heteroatoms. The molecule has 140 valence electrons. The SMILES string of the molecule is Cc1nn(-c2ccccc2)c(C)c1C[NH+](C)CC(=O)Nc1ccccc1Cl. The molecule has 0 fully saturated rings. The smallest absolute Gasteiger partial charge is 0.279 e. The van der Waals surface area contributed by atoms with Crippen molar-refractivity contribution in [3.05, 3.63) is 76.6 Å². The van der Waals surface area contributed by atoms with Crippen molar-refractivity contribution in [2.24, 2.45) is 0 Å². The Bertz CT molecular complexity index is 937. The molecular weight excluding hydrogens is 360 g/mol. The van der Waals surface area contributed by atoms with E-state index in [-0.39, 0.29) is 5.91 Å². The highest BCUT2D eigenvalue weighted by Gasteiger charge is 2.18. The Hall–Kier alpha value is -2.63. The maximum atomic E-state index is 12.4. The van der Waals surface area contributed by atoms with Crippen molar-refractivity contribution in [1.82, 2.24) is 9.78 Å². The lowest BCUT2D eigenvalue weighted by Gasteiger charge is -2.15. The number of hydrogen-bond acceptors (Lipinski definition) is 2. The standard InChI is InChI=1S/C21H23ClN4O/c1-15-18(16(2)26(24-15)17-9-5-4-6-10-17)13-25(3)14-21(27)23-20-12-8-7-11-19(20)22/h4-12H,13-14H2,1-3H3,(H,23,27)/p+1. The van der Waals surface area contributed by atoms with Gasteiger partial charge in [-0.1, -0.05) is 41.9 Å². The maximum absolute atomic E-state index is 12.4. The number of carbonyl (C=O) groups excluding carboxylic acids is 1. The molecule has 1 amide bonds. The average Bonchev–Trinajstić information content (AvgIpc) is 2.92. The van der Waals surface area contributed by atoms with E-state index in [9.17, 15) is 4.79 Å². The zero-order chi connectivity index (χ0) is 19.4. The molecule has 3 aromatic rings. The second kappa shape index (κ2) is 8.37. The molecule has 1 aromatic heterocycles. The first-order valence-corrected chi connectivity index (χ1v) is 9.29. The van der Waals surface area contributed by atoms with Crippen LogP contribution in [0.3, 0.4) is 0 Å². The predicted molar refractivity (Wildman–Crippen MR) is 109 cm³/mol. The second-order valence-corrected chi connectivity index (χ2v) is 7.14. The van der Waals surface area contributed by atoms with Crippen LogP contribution in [0.4, 0.5) is 5.69 Å². The van der Waals surface area contributed by atoms with Gasteiger partial charge in [0.25, 0.3) is 5.91 Å². The number of rotatable bonds is 6. The van der Waals surface area contributed by atoms with Gasteiger partial charge in [-0.3, -0.25) is 4.79 Å². The first-order chi connectivity index (χ1) is 13.0. The third-order valence-corrected chi connectivity index (χ3v) is 4.86. The van der Waals surface area contributed by atoms with Gasteiger partial charge in [0.1, 0.15) is 6.54 Å². The largest absolute Gasteiger partial charge is 0.326 e. The van der Waals surface area contributed by atoms with Gasteiger partial charge in [0.2, 0.25) is 0 Å². The van der Waals surface area contributed by atoms with Gasteiger partial charge in [-0.15, -0.1) is 0 Å². The molecule has 1 atom stereocenters. The number of aromatic nitrogens is 2. The summed E-state index contributed by atoms with van der Waals surface area (Å²) in [4.78, 5) is 13.4. The summed E-state index contributed by atoms with van der Waals surface area (Å²) in [6, 6.07) is 17.3. The summed E-state index contributed by atoms with van der Waals surface area (Å²) in [6.07, 6.45) is 0. The van der Waals surface area contributed by atoms with E-state index in [1.807, 2.05) is 61.1 Å². The Morgan fingerprint density at radius 1 is 1.11 bits per heavy atom. The number of halogens is 1. The average molecular weight is 384 g/mol. The number of amides is 1. The van der Waals surface area contributed by atoms with Gasteiger partial charge in [0.05, 0.1) is 40.4 Å². The topological polar surface area (TPSA) is 51.4 Å². The molecule has 0 saturated carbocycles. The summed E-state index contributed by atoms with van der Waals surface area (Å²) in [5.41, 5.74) is 4.94. The van der Waals surface area contributed by atoms with Crippen LogP contribution in [-0.2, 0) is 11.3 Å². The first kappa shape index (κ1) is 19.1. The first-order valence-electron chi connectivity index (χ1n) is 8.92. The maximum Gasteiger partial charge on any atom is 0.279 e. The zero-order valence-electron chi connectivity index (χ0n) is 15.8. The van der Waals surface area contributed by atoms with Crippen LogP contribution in [0, 0.1) is 13.8 Å². The number of anilines is 1. The number of quaternary nitrogens is 1. The Morgan fingerprint density at radius 3 is 2.48 bits per heavy atom. The van der Waals surface area contributed by atoms with Gasteiger partial charge in [-0.25, -0.2) is 4.68 Å². The lowest BCUT2D eigenvalue weighted by molar-refractivity contribution is -0.885. The molecule has 0 bridgehead atoms. The number of nitrogens with one attached hydrogen (secondary N) is 2. The number of likely N-dealkylation sites (N-methyl/N-ethyl adjacent to an activating group) is 1. The van der Waals surface area contributed by atoms with Crippen LogP contribution >= 0.6 is 11.6 Å². The minimum absolute atomic E-state index is 0.0636. The minimum Gasteiger partial charge on any atom is -0.326 e. The Kier molecular flexibility index (Phi) is 5.94. The number of carbonyl (C=O) groups is 1. The number of benzene rings is 2. The van der Waals surface area contributed by atoms with Crippen molar-refractivity contribution in [1.29, 1.82) is 0 Å².